The second kappa shape index (κ2) is 6.30. The molecule has 5 heteroatoms. The maximum absolute atomic E-state index is 10.0. The van der Waals surface area contributed by atoms with Crippen LogP contribution in [0.25, 0.3) is 0 Å². The van der Waals surface area contributed by atoms with E-state index >= 15 is 0 Å². The second-order valence-corrected chi connectivity index (χ2v) is 3.80. The Balaban J connectivity index is 3.10. The highest BCUT2D eigenvalue weighted by molar-refractivity contribution is 9.10. The van der Waals surface area contributed by atoms with Crippen LogP contribution in [-0.2, 0) is 11.3 Å². The number of ether oxygens (including phenoxy) is 2. The summed E-state index contributed by atoms with van der Waals surface area (Å²) in [5.41, 5.74) is 0.861. The van der Waals surface area contributed by atoms with Crippen molar-refractivity contribution < 1.29 is 14.3 Å². The van der Waals surface area contributed by atoms with E-state index in [4.69, 9.17) is 9.47 Å². The highest BCUT2D eigenvalue weighted by atomic mass is 79.9. The summed E-state index contributed by atoms with van der Waals surface area (Å²) in [5, 5.41) is 0. The molecule has 0 N–H and O–H groups in total. The third-order valence-corrected chi connectivity index (χ3v) is 2.49. The number of hydrogen-bond donors (Lipinski definition) is 0. The van der Waals surface area contributed by atoms with Gasteiger partial charge in [-0.05, 0) is 40.5 Å². The number of benzene rings is 1. The zero-order valence-corrected chi connectivity index (χ0v) is 10.7. The van der Waals surface area contributed by atoms with Gasteiger partial charge in [0.1, 0.15) is 0 Å². The van der Waals surface area contributed by atoms with E-state index in [0.29, 0.717) is 18.1 Å². The Bertz CT molecular complexity index is 414. The molecule has 0 aromatic heterocycles. The summed E-state index contributed by atoms with van der Waals surface area (Å²) in [6, 6.07) is 3.64. The molecule has 16 heavy (non-hydrogen) atoms. The molecule has 1 aromatic rings. The summed E-state index contributed by atoms with van der Waals surface area (Å²) in [4.78, 5) is 13.6. The number of carbonyl (C=O) groups excluding carboxylic acids is 1. The van der Waals surface area contributed by atoms with Gasteiger partial charge >= 0.3 is 0 Å². The van der Waals surface area contributed by atoms with Crippen LogP contribution in [0.5, 0.6) is 11.5 Å². The Morgan fingerprint density at radius 1 is 1.50 bits per heavy atom. The Morgan fingerprint density at radius 3 is 2.81 bits per heavy atom. The van der Waals surface area contributed by atoms with E-state index in [0.717, 1.165) is 10.0 Å². The van der Waals surface area contributed by atoms with Gasteiger partial charge in [0.25, 0.3) is 0 Å². The van der Waals surface area contributed by atoms with E-state index in [2.05, 4.69) is 20.9 Å². The van der Waals surface area contributed by atoms with Crippen molar-refractivity contribution in [2.75, 3.05) is 13.7 Å². The van der Waals surface area contributed by atoms with Gasteiger partial charge in [0.05, 0.1) is 24.7 Å². The number of halogens is 1. The van der Waals surface area contributed by atoms with Crippen molar-refractivity contribution >= 4 is 22.0 Å². The minimum Gasteiger partial charge on any atom is -0.492 e. The van der Waals surface area contributed by atoms with Crippen molar-refractivity contribution in [2.24, 2.45) is 4.99 Å². The van der Waals surface area contributed by atoms with Gasteiger partial charge in [0.15, 0.2) is 11.5 Å². The predicted octanol–water partition coefficient (Wildman–Crippen LogP) is 2.69. The smallest absolute Gasteiger partial charge is 0.235 e. The molecule has 0 amide bonds. The fourth-order valence-electron chi connectivity index (χ4n) is 1.30. The molecule has 4 nitrogen and oxygen atoms in total. The number of rotatable bonds is 5. The Kier molecular flexibility index (Phi) is 5.02. The Labute approximate surface area is 102 Å². The van der Waals surface area contributed by atoms with E-state index in [1.165, 1.54) is 6.08 Å². The number of hydrogen-bond acceptors (Lipinski definition) is 4. The van der Waals surface area contributed by atoms with Crippen LogP contribution in [0.15, 0.2) is 21.6 Å². The van der Waals surface area contributed by atoms with Crippen molar-refractivity contribution in [3.05, 3.63) is 22.2 Å². The minimum atomic E-state index is 0.284. The average molecular weight is 286 g/mol. The highest BCUT2D eigenvalue weighted by Crippen LogP contribution is 2.36. The lowest BCUT2D eigenvalue weighted by atomic mass is 10.2. The number of methoxy groups -OCH3 is 1. The van der Waals surface area contributed by atoms with Crippen molar-refractivity contribution in [1.82, 2.24) is 0 Å². The molecule has 0 heterocycles. The first-order valence-corrected chi connectivity index (χ1v) is 5.55. The third kappa shape index (κ3) is 3.08. The summed E-state index contributed by atoms with van der Waals surface area (Å²) in [6.07, 6.45) is 1.50. The van der Waals surface area contributed by atoms with E-state index in [9.17, 15) is 4.79 Å². The van der Waals surface area contributed by atoms with Gasteiger partial charge in [-0.3, -0.25) is 0 Å². The van der Waals surface area contributed by atoms with Crippen molar-refractivity contribution in [1.29, 1.82) is 0 Å². The van der Waals surface area contributed by atoms with Crippen LogP contribution in [0.3, 0.4) is 0 Å². The molecule has 0 fully saturated rings. The molecule has 0 atom stereocenters. The van der Waals surface area contributed by atoms with Crippen molar-refractivity contribution in [3.8, 4) is 11.5 Å². The lowest BCUT2D eigenvalue weighted by Crippen LogP contribution is -1.97. The van der Waals surface area contributed by atoms with E-state index in [1.807, 2.05) is 13.0 Å². The Hall–Kier alpha value is -1.32. The van der Waals surface area contributed by atoms with Crippen LogP contribution in [0.2, 0.25) is 0 Å². The second-order valence-electron chi connectivity index (χ2n) is 2.95. The van der Waals surface area contributed by atoms with E-state index in [-0.39, 0.29) is 6.54 Å². The van der Waals surface area contributed by atoms with Crippen LogP contribution < -0.4 is 9.47 Å². The monoisotopic (exact) mass is 285 g/mol. The van der Waals surface area contributed by atoms with Gasteiger partial charge in [0.2, 0.25) is 6.08 Å². The molecule has 0 aliphatic heterocycles. The van der Waals surface area contributed by atoms with Gasteiger partial charge in [-0.1, -0.05) is 0 Å². The molecule has 0 aliphatic carbocycles. The quantitative estimate of drug-likeness (QED) is 0.617. The summed E-state index contributed by atoms with van der Waals surface area (Å²) in [6.45, 7) is 2.72. The average Bonchev–Trinajstić information content (AvgIpc) is 2.26. The third-order valence-electron chi connectivity index (χ3n) is 1.90. The largest absolute Gasteiger partial charge is 0.492 e. The highest BCUT2D eigenvalue weighted by Gasteiger charge is 2.10. The zero-order valence-electron chi connectivity index (χ0n) is 9.12. The van der Waals surface area contributed by atoms with Gasteiger partial charge < -0.3 is 9.47 Å². The maximum atomic E-state index is 10.0. The summed E-state index contributed by atoms with van der Waals surface area (Å²) < 4.78 is 11.4. The fraction of sp³-hybridized carbons (Fsp3) is 0.364. The lowest BCUT2D eigenvalue weighted by molar-refractivity contribution is 0.309. The molecule has 0 saturated heterocycles. The topological polar surface area (TPSA) is 47.9 Å². The van der Waals surface area contributed by atoms with Gasteiger partial charge in [-0.25, -0.2) is 9.79 Å². The van der Waals surface area contributed by atoms with Crippen LogP contribution in [-0.4, -0.2) is 19.8 Å². The number of aliphatic imine (C=N–C) groups is 1. The van der Waals surface area contributed by atoms with E-state index < -0.39 is 0 Å². The molecule has 0 spiro atoms. The molecular formula is C11H12BrNO3. The van der Waals surface area contributed by atoms with Crippen molar-refractivity contribution in [3.63, 3.8) is 0 Å². The standard InChI is InChI=1S/C11H12BrNO3/c1-3-16-10-5-8(6-13-7-14)4-9(12)11(10)15-2/h4-5H,3,6H2,1-2H3. The molecule has 0 unspecified atom stereocenters. The molecule has 0 radical (unpaired) electrons. The molecular weight excluding hydrogens is 274 g/mol. The first-order chi connectivity index (χ1) is 7.72. The number of isocyanates is 1. The first-order valence-electron chi connectivity index (χ1n) is 4.75. The van der Waals surface area contributed by atoms with Crippen LogP contribution >= 0.6 is 15.9 Å². The SMILES string of the molecule is CCOc1cc(CN=C=O)cc(Br)c1OC. The van der Waals surface area contributed by atoms with Gasteiger partial charge in [-0.15, -0.1) is 0 Å². The summed E-state index contributed by atoms with van der Waals surface area (Å²) in [7, 11) is 1.58. The molecule has 1 rings (SSSR count). The minimum absolute atomic E-state index is 0.284. The summed E-state index contributed by atoms with van der Waals surface area (Å²) in [5.74, 6) is 1.27. The zero-order chi connectivity index (χ0) is 12.0. The Morgan fingerprint density at radius 2 is 2.25 bits per heavy atom. The molecule has 0 aliphatic rings. The van der Waals surface area contributed by atoms with Crippen LogP contribution in [0, 0.1) is 0 Å². The first kappa shape index (κ1) is 12.7. The van der Waals surface area contributed by atoms with Crippen molar-refractivity contribution in [2.45, 2.75) is 13.5 Å². The predicted molar refractivity (Wildman–Crippen MR) is 63.7 cm³/mol. The van der Waals surface area contributed by atoms with E-state index in [1.54, 1.807) is 13.2 Å². The molecule has 86 valence electrons. The van der Waals surface area contributed by atoms with Crippen LogP contribution in [0.4, 0.5) is 0 Å². The summed E-state index contributed by atoms with van der Waals surface area (Å²) >= 11 is 3.37. The maximum Gasteiger partial charge on any atom is 0.235 e. The molecule has 1 aromatic carbocycles. The van der Waals surface area contributed by atoms with Gasteiger partial charge in [-0.2, -0.15) is 0 Å². The number of nitrogens with zero attached hydrogens (tertiary/aromatic N) is 1. The van der Waals surface area contributed by atoms with Gasteiger partial charge in [0, 0.05) is 0 Å². The molecule has 0 saturated carbocycles. The normalized spacial score (nSPS) is 9.44. The van der Waals surface area contributed by atoms with Crippen LogP contribution in [0.1, 0.15) is 12.5 Å². The molecule has 0 bridgehead atoms. The fourth-order valence-corrected chi connectivity index (χ4v) is 1.95. The lowest BCUT2D eigenvalue weighted by Gasteiger charge is -2.12.